The number of carbonyl (C=O) groups excluding carboxylic acids is 2. The second-order valence-electron chi connectivity index (χ2n) is 6.47. The third-order valence-corrected chi connectivity index (χ3v) is 5.28. The molecule has 0 spiro atoms. The van der Waals surface area contributed by atoms with Crippen LogP contribution in [0, 0.1) is 0 Å². The van der Waals surface area contributed by atoms with Crippen LogP contribution in [-0.4, -0.2) is 32.8 Å². The van der Waals surface area contributed by atoms with Crippen molar-refractivity contribution in [2.24, 2.45) is 0 Å². The largest absolute Gasteiger partial charge is 0.545 e. The fourth-order valence-corrected chi connectivity index (χ4v) is 3.75. The minimum Gasteiger partial charge on any atom is -0.545 e. The number of amides is 1. The van der Waals surface area contributed by atoms with Gasteiger partial charge in [0.1, 0.15) is 0 Å². The molecule has 0 fully saturated rings. The molecule has 30 heavy (non-hydrogen) atoms. The van der Waals surface area contributed by atoms with E-state index in [-0.39, 0.29) is 17.4 Å². The quantitative estimate of drug-likeness (QED) is 0.591. The van der Waals surface area contributed by atoms with E-state index >= 15 is 0 Å². The van der Waals surface area contributed by atoms with Crippen molar-refractivity contribution in [3.05, 3.63) is 59.7 Å². The fraction of sp³-hybridized carbons (Fsp3) is 0.190. The number of hydrogen-bond acceptors (Lipinski definition) is 8. The molecular formula is C21H17N4O4S-. The van der Waals surface area contributed by atoms with Gasteiger partial charge < -0.3 is 14.6 Å². The lowest BCUT2D eigenvalue weighted by atomic mass is 10.1. The van der Waals surface area contributed by atoms with Crippen molar-refractivity contribution >= 4 is 29.3 Å². The number of benzene rings is 2. The number of hydrogen-bond donors (Lipinski definition) is 0. The zero-order chi connectivity index (χ0) is 21.3. The maximum absolute atomic E-state index is 12.7. The molecule has 1 aromatic heterocycles. The summed E-state index contributed by atoms with van der Waals surface area (Å²) in [5.41, 5.74) is 2.33. The minimum atomic E-state index is -1.28. The number of carbonyl (C=O) groups is 2. The molecule has 0 bridgehead atoms. The number of fused-ring (bicyclic) bond motifs is 3. The lowest BCUT2D eigenvalue weighted by molar-refractivity contribution is -0.255. The zero-order valence-corrected chi connectivity index (χ0v) is 17.0. The Labute approximate surface area is 176 Å². The Kier molecular flexibility index (Phi) is 5.37. The van der Waals surface area contributed by atoms with E-state index < -0.39 is 12.2 Å². The van der Waals surface area contributed by atoms with Crippen LogP contribution in [0.1, 0.15) is 36.0 Å². The maximum Gasteiger partial charge on any atom is 0.247 e. The zero-order valence-electron chi connectivity index (χ0n) is 16.2. The number of thioether (sulfide) groups is 1. The number of rotatable bonds is 4. The maximum atomic E-state index is 12.7. The smallest absolute Gasteiger partial charge is 0.247 e. The SMILES string of the molecule is CCSc1nnc2c(n1)OC(c1ccc(C(=O)[O-])cc1)N(C(C)=O)c1ccccc1-2. The van der Waals surface area contributed by atoms with Crippen LogP contribution >= 0.6 is 11.8 Å². The van der Waals surface area contributed by atoms with E-state index in [0.29, 0.717) is 27.7 Å². The van der Waals surface area contributed by atoms with Gasteiger partial charge in [-0.05, 0) is 17.4 Å². The Morgan fingerprint density at radius 2 is 1.87 bits per heavy atom. The molecule has 1 aliphatic rings. The summed E-state index contributed by atoms with van der Waals surface area (Å²) in [7, 11) is 0. The van der Waals surface area contributed by atoms with E-state index in [9.17, 15) is 14.7 Å². The van der Waals surface area contributed by atoms with Crippen LogP contribution in [-0.2, 0) is 4.79 Å². The molecule has 1 atom stereocenters. The second-order valence-corrected chi connectivity index (χ2v) is 7.70. The summed E-state index contributed by atoms with van der Waals surface area (Å²) in [5, 5.41) is 20.1. The molecular weight excluding hydrogens is 404 g/mol. The highest BCUT2D eigenvalue weighted by Gasteiger charge is 2.34. The van der Waals surface area contributed by atoms with Gasteiger partial charge in [0.25, 0.3) is 0 Å². The molecule has 1 amide bonds. The van der Waals surface area contributed by atoms with Gasteiger partial charge >= 0.3 is 0 Å². The molecule has 9 heteroatoms. The van der Waals surface area contributed by atoms with Gasteiger partial charge in [-0.2, -0.15) is 4.98 Å². The lowest BCUT2D eigenvalue weighted by Gasteiger charge is -2.30. The first-order valence-electron chi connectivity index (χ1n) is 9.24. The first kappa shape index (κ1) is 19.8. The van der Waals surface area contributed by atoms with E-state index in [1.165, 1.54) is 35.7 Å². The molecule has 0 saturated carbocycles. The van der Waals surface area contributed by atoms with Crippen LogP contribution in [0.25, 0.3) is 11.3 Å². The van der Waals surface area contributed by atoms with Gasteiger partial charge in [-0.3, -0.25) is 9.69 Å². The number of ether oxygens (including phenoxy) is 1. The fourth-order valence-electron chi connectivity index (χ4n) is 3.24. The van der Waals surface area contributed by atoms with Crippen LogP contribution in [0.5, 0.6) is 5.88 Å². The van der Waals surface area contributed by atoms with E-state index in [1.54, 1.807) is 18.2 Å². The van der Waals surface area contributed by atoms with Crippen molar-refractivity contribution in [1.82, 2.24) is 15.2 Å². The van der Waals surface area contributed by atoms with Gasteiger partial charge in [0.05, 0.1) is 11.7 Å². The van der Waals surface area contributed by atoms with Crippen molar-refractivity contribution < 1.29 is 19.4 Å². The highest BCUT2D eigenvalue weighted by molar-refractivity contribution is 7.99. The Morgan fingerprint density at radius 1 is 1.13 bits per heavy atom. The molecule has 8 nitrogen and oxygen atoms in total. The van der Waals surface area contributed by atoms with Crippen LogP contribution in [0.15, 0.2) is 53.7 Å². The van der Waals surface area contributed by atoms with Crippen molar-refractivity contribution in [2.75, 3.05) is 10.7 Å². The molecule has 0 aliphatic carbocycles. The third kappa shape index (κ3) is 3.59. The standard InChI is InChI=1S/C21H18N4O4S/c1-3-30-21-22-18-17(23-24-21)15-6-4-5-7-16(15)25(12(2)26)19(29-18)13-8-10-14(11-9-13)20(27)28/h4-11,19H,3H2,1-2H3,(H,27,28)/p-1. The average Bonchev–Trinajstić information content (AvgIpc) is 2.88. The van der Waals surface area contributed by atoms with Crippen LogP contribution in [0.4, 0.5) is 5.69 Å². The number of para-hydroxylation sites is 1. The number of carboxylic acid groups (broad SMARTS) is 1. The number of anilines is 1. The molecule has 152 valence electrons. The number of aromatic nitrogens is 3. The molecule has 2 aromatic carbocycles. The van der Waals surface area contributed by atoms with Gasteiger partial charge in [0.2, 0.25) is 23.2 Å². The molecule has 1 aliphatic heterocycles. The highest BCUT2D eigenvalue weighted by atomic mass is 32.2. The normalized spacial score (nSPS) is 14.9. The lowest BCUT2D eigenvalue weighted by Crippen LogP contribution is -2.36. The average molecular weight is 421 g/mol. The number of aromatic carboxylic acids is 1. The Bertz CT molecular complexity index is 1120. The Balaban J connectivity index is 1.90. The predicted molar refractivity (Wildman–Crippen MR) is 109 cm³/mol. The first-order chi connectivity index (χ1) is 14.5. The summed E-state index contributed by atoms with van der Waals surface area (Å²) < 4.78 is 6.20. The first-order valence-corrected chi connectivity index (χ1v) is 10.2. The van der Waals surface area contributed by atoms with Crippen molar-refractivity contribution in [3.8, 4) is 17.1 Å². The summed E-state index contributed by atoms with van der Waals surface area (Å²) in [6.07, 6.45) is -0.864. The minimum absolute atomic E-state index is 0.0353. The van der Waals surface area contributed by atoms with E-state index in [4.69, 9.17) is 4.74 Å². The van der Waals surface area contributed by atoms with Crippen LogP contribution < -0.4 is 14.7 Å². The monoisotopic (exact) mass is 421 g/mol. The van der Waals surface area contributed by atoms with Crippen LogP contribution in [0.2, 0.25) is 0 Å². The summed E-state index contributed by atoms with van der Waals surface area (Å²) in [6.45, 7) is 3.42. The van der Waals surface area contributed by atoms with Gasteiger partial charge in [-0.15, -0.1) is 10.2 Å². The molecule has 1 unspecified atom stereocenters. The van der Waals surface area contributed by atoms with E-state index in [1.807, 2.05) is 25.1 Å². The topological polar surface area (TPSA) is 108 Å². The van der Waals surface area contributed by atoms with Gasteiger partial charge in [-0.1, -0.05) is 61.2 Å². The molecule has 2 heterocycles. The molecule has 0 saturated heterocycles. The van der Waals surface area contributed by atoms with Gasteiger partial charge in [0.15, 0.2) is 5.69 Å². The van der Waals surface area contributed by atoms with E-state index in [0.717, 1.165) is 5.75 Å². The Morgan fingerprint density at radius 3 is 2.53 bits per heavy atom. The molecule has 0 radical (unpaired) electrons. The second kappa shape index (κ2) is 8.11. The predicted octanol–water partition coefficient (Wildman–Crippen LogP) is 2.46. The van der Waals surface area contributed by atoms with Crippen LogP contribution in [0.3, 0.4) is 0 Å². The molecule has 0 N–H and O–H groups in total. The summed E-state index contributed by atoms with van der Waals surface area (Å²) in [6, 6.07) is 13.3. The van der Waals surface area contributed by atoms with Crippen molar-refractivity contribution in [2.45, 2.75) is 25.2 Å². The molecule has 3 aromatic rings. The number of carboxylic acids is 1. The molecule has 4 rings (SSSR count). The van der Waals surface area contributed by atoms with Gasteiger partial charge in [-0.25, -0.2) is 0 Å². The van der Waals surface area contributed by atoms with Crippen molar-refractivity contribution in [1.29, 1.82) is 0 Å². The van der Waals surface area contributed by atoms with E-state index in [2.05, 4.69) is 15.2 Å². The van der Waals surface area contributed by atoms with Gasteiger partial charge in [0, 0.05) is 18.1 Å². The number of nitrogens with zero attached hydrogens (tertiary/aromatic N) is 4. The summed E-state index contributed by atoms with van der Waals surface area (Å²) in [5.74, 6) is -0.503. The summed E-state index contributed by atoms with van der Waals surface area (Å²) in [4.78, 5) is 29.8. The van der Waals surface area contributed by atoms with Crippen molar-refractivity contribution in [3.63, 3.8) is 0 Å². The summed E-state index contributed by atoms with van der Waals surface area (Å²) >= 11 is 1.43. The Hall–Kier alpha value is -3.46. The highest BCUT2D eigenvalue weighted by Crippen LogP contribution is 2.43. The third-order valence-electron chi connectivity index (χ3n) is 4.56.